The molecule has 0 spiro atoms. The van der Waals surface area contributed by atoms with Gasteiger partial charge in [-0.25, -0.2) is 15.0 Å². The molecule has 1 saturated carbocycles. The fourth-order valence-electron chi connectivity index (χ4n) is 5.25. The number of aryl methyl sites for hydroxylation is 1. The molecule has 1 aliphatic carbocycles. The number of amides is 2. The van der Waals surface area contributed by atoms with E-state index >= 15 is 0 Å². The molecule has 3 aromatic heterocycles. The minimum Gasteiger partial charge on any atom is -0.383 e. The van der Waals surface area contributed by atoms with E-state index in [0.29, 0.717) is 35.6 Å². The van der Waals surface area contributed by atoms with Crippen molar-refractivity contribution >= 4 is 45.1 Å². The van der Waals surface area contributed by atoms with E-state index in [0.717, 1.165) is 40.0 Å². The van der Waals surface area contributed by atoms with Crippen LogP contribution in [0, 0.1) is 6.92 Å². The normalized spacial score (nSPS) is 17.4. The van der Waals surface area contributed by atoms with Gasteiger partial charge in [-0.2, -0.15) is 0 Å². The van der Waals surface area contributed by atoms with Gasteiger partial charge in [0.05, 0.1) is 11.4 Å². The highest BCUT2D eigenvalue weighted by molar-refractivity contribution is 7.15. The predicted molar refractivity (Wildman–Crippen MR) is 157 cm³/mol. The smallest absolute Gasteiger partial charge is 0.257 e. The minimum atomic E-state index is -0.213. The zero-order valence-electron chi connectivity index (χ0n) is 22.6. The topological polar surface area (TPSA) is 122 Å². The van der Waals surface area contributed by atoms with Crippen LogP contribution < -0.4 is 11.1 Å². The lowest BCUT2D eigenvalue weighted by molar-refractivity contribution is -0.125. The van der Waals surface area contributed by atoms with Gasteiger partial charge in [0.2, 0.25) is 5.91 Å². The number of carbonyl (C=O) groups excluding carboxylic acids is 2. The Morgan fingerprint density at radius 2 is 1.98 bits per heavy atom. The van der Waals surface area contributed by atoms with E-state index in [4.69, 9.17) is 5.73 Å². The molecule has 206 valence electrons. The van der Waals surface area contributed by atoms with Crippen molar-refractivity contribution < 1.29 is 9.59 Å². The summed E-state index contributed by atoms with van der Waals surface area (Å²) in [5.74, 6) is 0.225. The van der Waals surface area contributed by atoms with E-state index in [1.807, 2.05) is 36.2 Å². The van der Waals surface area contributed by atoms with Crippen LogP contribution in [0.3, 0.4) is 0 Å². The Bertz CT molecular complexity index is 1590. The van der Waals surface area contributed by atoms with Gasteiger partial charge >= 0.3 is 0 Å². The summed E-state index contributed by atoms with van der Waals surface area (Å²) in [7, 11) is 2.10. The van der Waals surface area contributed by atoms with Gasteiger partial charge in [0.1, 0.15) is 17.8 Å². The Labute approximate surface area is 236 Å². The number of nitrogens with two attached hydrogens (primary N) is 1. The summed E-state index contributed by atoms with van der Waals surface area (Å²) in [5.41, 5.74) is 9.41. The summed E-state index contributed by atoms with van der Waals surface area (Å²) in [6.45, 7) is 4.02. The van der Waals surface area contributed by atoms with Crippen LogP contribution in [0.5, 0.6) is 0 Å². The van der Waals surface area contributed by atoms with Gasteiger partial charge in [-0.05, 0) is 50.9 Å². The fraction of sp³-hybridized carbons (Fsp3) is 0.345. The van der Waals surface area contributed by atoms with Crippen LogP contribution >= 0.6 is 11.3 Å². The molecule has 40 heavy (non-hydrogen) atoms. The first-order chi connectivity index (χ1) is 19.4. The molecule has 2 fully saturated rings. The van der Waals surface area contributed by atoms with E-state index in [2.05, 4.69) is 36.8 Å². The van der Waals surface area contributed by atoms with E-state index in [1.165, 1.54) is 30.5 Å². The van der Waals surface area contributed by atoms with Crippen molar-refractivity contribution in [2.45, 2.75) is 38.3 Å². The lowest BCUT2D eigenvalue weighted by atomic mass is 10.0. The Morgan fingerprint density at radius 3 is 2.70 bits per heavy atom. The summed E-state index contributed by atoms with van der Waals surface area (Å²) in [6, 6.07) is 8.13. The quantitative estimate of drug-likeness (QED) is 0.313. The van der Waals surface area contributed by atoms with Crippen molar-refractivity contribution in [3.05, 3.63) is 65.6 Å². The van der Waals surface area contributed by atoms with Crippen molar-refractivity contribution in [2.24, 2.45) is 0 Å². The van der Waals surface area contributed by atoms with Gasteiger partial charge in [-0.1, -0.05) is 18.2 Å². The fourth-order valence-corrected chi connectivity index (χ4v) is 5.91. The van der Waals surface area contributed by atoms with Crippen LogP contribution in [0.2, 0.25) is 0 Å². The summed E-state index contributed by atoms with van der Waals surface area (Å²) in [6.07, 6.45) is 12.2. The molecular weight excluding hydrogens is 524 g/mol. The van der Waals surface area contributed by atoms with Gasteiger partial charge in [0.25, 0.3) is 5.91 Å². The number of likely N-dealkylation sites (tertiary alicyclic amines) is 1. The minimum absolute atomic E-state index is 0.0410. The molecule has 2 aliphatic rings. The third kappa shape index (κ3) is 5.34. The predicted octanol–water partition coefficient (Wildman–Crippen LogP) is 4.12. The molecule has 11 heteroatoms. The molecule has 6 rings (SSSR count). The molecule has 4 heterocycles. The first-order valence-electron chi connectivity index (χ1n) is 13.5. The van der Waals surface area contributed by atoms with Gasteiger partial charge in [0, 0.05) is 60.1 Å². The summed E-state index contributed by atoms with van der Waals surface area (Å²) in [5, 5.41) is 4.19. The monoisotopic (exact) mass is 556 g/mol. The van der Waals surface area contributed by atoms with Crippen LogP contribution in [0.1, 0.15) is 40.5 Å². The number of aromatic nitrogens is 4. The Morgan fingerprint density at radius 1 is 1.18 bits per heavy atom. The van der Waals surface area contributed by atoms with Crippen molar-refractivity contribution in [1.29, 1.82) is 0 Å². The Kier molecular flexibility index (Phi) is 7.07. The number of fused-ring (bicyclic) bond motifs is 1. The van der Waals surface area contributed by atoms with Crippen molar-refractivity contribution in [2.75, 3.05) is 37.7 Å². The Hall–Kier alpha value is -4.09. The maximum Gasteiger partial charge on any atom is 0.257 e. The number of hydrogen-bond donors (Lipinski definition) is 2. The molecule has 0 bridgehead atoms. The number of anilines is 2. The van der Waals surface area contributed by atoms with Gasteiger partial charge in [0.15, 0.2) is 5.13 Å². The first-order valence-corrected chi connectivity index (χ1v) is 14.3. The van der Waals surface area contributed by atoms with Crippen LogP contribution in [0.25, 0.3) is 22.2 Å². The van der Waals surface area contributed by atoms with E-state index in [1.54, 1.807) is 24.4 Å². The second-order valence-corrected chi connectivity index (χ2v) is 11.7. The van der Waals surface area contributed by atoms with Crippen LogP contribution in [0.15, 0.2) is 55.1 Å². The number of benzene rings is 1. The number of thiazole rings is 1. The second-order valence-electron chi connectivity index (χ2n) is 10.5. The second kappa shape index (κ2) is 10.8. The number of hydrogen-bond acceptors (Lipinski definition) is 8. The highest BCUT2D eigenvalue weighted by Crippen LogP contribution is 2.36. The largest absolute Gasteiger partial charge is 0.383 e. The number of rotatable bonds is 8. The number of likely N-dealkylation sites (N-methyl/N-ethyl adjacent to an activating group) is 1. The van der Waals surface area contributed by atoms with E-state index in [9.17, 15) is 9.59 Å². The van der Waals surface area contributed by atoms with Gasteiger partial charge in [-0.15, -0.1) is 11.3 Å². The summed E-state index contributed by atoms with van der Waals surface area (Å²) < 4.78 is 2.12. The lowest BCUT2D eigenvalue weighted by Crippen LogP contribution is -2.28. The molecule has 4 aromatic rings. The third-order valence-electron chi connectivity index (χ3n) is 7.63. The molecule has 3 N–H and O–H groups in total. The van der Waals surface area contributed by atoms with Crippen molar-refractivity contribution in [3.8, 4) is 11.1 Å². The van der Waals surface area contributed by atoms with E-state index in [-0.39, 0.29) is 17.9 Å². The summed E-state index contributed by atoms with van der Waals surface area (Å²) >= 11 is 1.43. The van der Waals surface area contributed by atoms with Crippen LogP contribution in [-0.4, -0.2) is 73.9 Å². The molecule has 2 amide bonds. The van der Waals surface area contributed by atoms with E-state index < -0.39 is 0 Å². The SMILES string of the molecule is Cc1cnc(NC(=O)c2ccc(-c3cn(C4CCN(C(=O)/C=C/CN(C)C5CC5)C4)c4ncnc(N)c34)cc2)s1. The zero-order chi connectivity index (χ0) is 27.8. The number of nitrogens with one attached hydrogen (secondary N) is 1. The average molecular weight is 557 g/mol. The molecule has 1 unspecified atom stereocenters. The van der Waals surface area contributed by atoms with Gasteiger partial charge in [-0.3, -0.25) is 19.8 Å². The molecule has 1 aliphatic heterocycles. The maximum absolute atomic E-state index is 12.9. The summed E-state index contributed by atoms with van der Waals surface area (Å²) in [4.78, 5) is 43.8. The molecule has 0 radical (unpaired) electrons. The maximum atomic E-state index is 12.9. The standard InChI is InChI=1S/C29H32N8O2S/c1-18-14-31-29(40-18)34-28(39)20-7-5-19(6-8-20)23-16-37(27-25(23)26(30)32-17-33-27)22-11-13-36(15-22)24(38)4-3-12-35(2)21-9-10-21/h3-8,14,16-17,21-22H,9-13,15H2,1-2H3,(H2,30,32,33)(H,31,34,39)/b4-3+. The van der Waals surface area contributed by atoms with Crippen LogP contribution in [0.4, 0.5) is 10.9 Å². The average Bonchev–Trinajstić information content (AvgIpc) is 3.34. The van der Waals surface area contributed by atoms with Crippen LogP contribution in [-0.2, 0) is 4.79 Å². The first kappa shape index (κ1) is 26.1. The lowest BCUT2D eigenvalue weighted by Gasteiger charge is -2.16. The van der Waals surface area contributed by atoms with Crippen molar-refractivity contribution in [3.63, 3.8) is 0 Å². The highest BCUT2D eigenvalue weighted by Gasteiger charge is 2.29. The number of carbonyl (C=O) groups is 2. The Balaban J connectivity index is 1.20. The zero-order valence-corrected chi connectivity index (χ0v) is 23.4. The molecule has 10 nitrogen and oxygen atoms in total. The number of nitrogens with zero attached hydrogens (tertiary/aromatic N) is 6. The third-order valence-corrected chi connectivity index (χ3v) is 8.46. The molecule has 1 saturated heterocycles. The molecular formula is C29H32N8O2S. The van der Waals surface area contributed by atoms with Gasteiger partial charge < -0.3 is 15.2 Å². The number of nitrogen functional groups attached to an aromatic ring is 1. The van der Waals surface area contributed by atoms with Crippen molar-refractivity contribution in [1.82, 2.24) is 29.3 Å². The highest BCUT2D eigenvalue weighted by atomic mass is 32.1. The molecule has 1 atom stereocenters. The molecule has 1 aromatic carbocycles.